The molecule has 0 aliphatic carbocycles. The van der Waals surface area contributed by atoms with Crippen molar-refractivity contribution in [2.75, 3.05) is 0 Å². The van der Waals surface area contributed by atoms with Crippen molar-refractivity contribution in [2.45, 2.75) is 6.92 Å². The zero-order valence-corrected chi connectivity index (χ0v) is 11.5. The molecule has 1 aromatic carbocycles. The predicted octanol–water partition coefficient (Wildman–Crippen LogP) is 2.28. The summed E-state index contributed by atoms with van der Waals surface area (Å²) in [7, 11) is 0. The Balaban J connectivity index is 2.01. The van der Waals surface area contributed by atoms with Crippen molar-refractivity contribution < 1.29 is 4.74 Å². The van der Waals surface area contributed by atoms with Crippen LogP contribution < -0.4 is 10.4 Å². The molecule has 7 heteroatoms. The average molecular weight is 321 g/mol. The number of aromatic nitrogens is 4. The lowest BCUT2D eigenvalue weighted by molar-refractivity contribution is 0.460. The fourth-order valence-corrected chi connectivity index (χ4v) is 2.01. The number of H-pyrrole nitrogens is 1. The molecule has 0 aliphatic heterocycles. The summed E-state index contributed by atoms with van der Waals surface area (Å²) in [5.41, 5.74) is 0.166. The quantitative estimate of drug-likeness (QED) is 0.786. The second kappa shape index (κ2) is 4.51. The summed E-state index contributed by atoms with van der Waals surface area (Å²) in [5.74, 6) is 1.58. The summed E-state index contributed by atoms with van der Waals surface area (Å²) in [6.45, 7) is 1.72. The summed E-state index contributed by atoms with van der Waals surface area (Å²) >= 11 is 3.35. The number of halogens is 1. The number of aryl methyl sites for hydroxylation is 1. The smallest absolute Gasteiger partial charge is 0.349 e. The number of aromatic amines is 1. The van der Waals surface area contributed by atoms with Crippen molar-refractivity contribution in [1.82, 2.24) is 19.6 Å². The molecule has 1 N–H and O–H groups in total. The highest BCUT2D eigenvalue weighted by Crippen LogP contribution is 2.22. The number of rotatable bonds is 2. The first-order valence-electron chi connectivity index (χ1n) is 5.52. The molecule has 0 saturated heterocycles. The molecule has 2 heterocycles. The van der Waals surface area contributed by atoms with E-state index >= 15 is 0 Å². The summed E-state index contributed by atoms with van der Waals surface area (Å²) < 4.78 is 7.98. The van der Waals surface area contributed by atoms with Gasteiger partial charge in [0.15, 0.2) is 5.65 Å². The fourth-order valence-electron chi connectivity index (χ4n) is 1.75. The second-order valence-electron chi connectivity index (χ2n) is 3.92. The Bertz CT molecular complexity index is 792. The van der Waals surface area contributed by atoms with Gasteiger partial charge in [-0.3, -0.25) is 0 Å². The van der Waals surface area contributed by atoms with E-state index in [4.69, 9.17) is 4.74 Å². The largest absolute Gasteiger partial charge is 0.439 e. The molecule has 19 heavy (non-hydrogen) atoms. The molecule has 0 unspecified atom stereocenters. The lowest BCUT2D eigenvalue weighted by atomic mass is 10.3. The molecule has 0 amide bonds. The normalized spacial score (nSPS) is 10.8. The molecule has 96 valence electrons. The molecule has 0 atom stereocenters. The van der Waals surface area contributed by atoms with Crippen LogP contribution >= 0.6 is 15.9 Å². The zero-order chi connectivity index (χ0) is 13.4. The number of hydrogen-bond acceptors (Lipinski definition) is 4. The molecule has 0 fully saturated rings. The minimum atomic E-state index is -0.310. The number of hydrogen-bond donors (Lipinski definition) is 1. The van der Waals surface area contributed by atoms with Crippen LogP contribution in [0.2, 0.25) is 0 Å². The molecule has 0 saturated carbocycles. The van der Waals surface area contributed by atoms with Crippen LogP contribution in [0.25, 0.3) is 5.65 Å². The van der Waals surface area contributed by atoms with E-state index in [-0.39, 0.29) is 5.69 Å². The van der Waals surface area contributed by atoms with Gasteiger partial charge >= 0.3 is 5.69 Å². The van der Waals surface area contributed by atoms with E-state index in [1.165, 1.54) is 4.40 Å². The molecule has 0 bridgehead atoms. The van der Waals surface area contributed by atoms with Gasteiger partial charge in [0.2, 0.25) is 5.88 Å². The van der Waals surface area contributed by atoms with Gasteiger partial charge in [-0.15, -0.1) is 0 Å². The summed E-state index contributed by atoms with van der Waals surface area (Å²) in [6.07, 6.45) is 0. The second-order valence-corrected chi connectivity index (χ2v) is 4.84. The zero-order valence-electron chi connectivity index (χ0n) is 9.92. The minimum Gasteiger partial charge on any atom is -0.439 e. The van der Waals surface area contributed by atoms with Crippen LogP contribution in [0.1, 0.15) is 5.82 Å². The van der Waals surface area contributed by atoms with Gasteiger partial charge < -0.3 is 4.74 Å². The van der Waals surface area contributed by atoms with Crippen LogP contribution in [0, 0.1) is 6.92 Å². The maximum absolute atomic E-state index is 11.5. The predicted molar refractivity (Wildman–Crippen MR) is 72.6 cm³/mol. The van der Waals surface area contributed by atoms with Crippen LogP contribution in [-0.2, 0) is 0 Å². The Morgan fingerprint density at radius 1 is 1.32 bits per heavy atom. The first-order valence-corrected chi connectivity index (χ1v) is 6.31. The van der Waals surface area contributed by atoms with Crippen molar-refractivity contribution in [3.63, 3.8) is 0 Å². The van der Waals surface area contributed by atoms with E-state index < -0.39 is 0 Å². The minimum absolute atomic E-state index is 0.310. The van der Waals surface area contributed by atoms with Gasteiger partial charge in [-0.05, 0) is 31.2 Å². The Morgan fingerprint density at radius 3 is 2.79 bits per heavy atom. The van der Waals surface area contributed by atoms with Crippen molar-refractivity contribution >= 4 is 21.6 Å². The van der Waals surface area contributed by atoms with Gasteiger partial charge in [-0.2, -0.15) is 10.1 Å². The molecule has 3 rings (SSSR count). The van der Waals surface area contributed by atoms with Gasteiger partial charge in [0.25, 0.3) is 0 Å². The third kappa shape index (κ3) is 2.24. The van der Waals surface area contributed by atoms with Crippen LogP contribution in [0.5, 0.6) is 11.6 Å². The molecule has 2 aromatic heterocycles. The van der Waals surface area contributed by atoms with Gasteiger partial charge in [-0.25, -0.2) is 14.3 Å². The van der Waals surface area contributed by atoms with Crippen molar-refractivity contribution in [2.24, 2.45) is 0 Å². The number of benzene rings is 1. The third-order valence-electron chi connectivity index (χ3n) is 2.58. The monoisotopic (exact) mass is 320 g/mol. The van der Waals surface area contributed by atoms with E-state index in [1.54, 1.807) is 13.0 Å². The van der Waals surface area contributed by atoms with Gasteiger partial charge in [0.05, 0.1) is 0 Å². The van der Waals surface area contributed by atoms with Crippen molar-refractivity contribution in [3.05, 3.63) is 51.1 Å². The third-order valence-corrected chi connectivity index (χ3v) is 3.11. The standard InChI is InChI=1S/C12H9BrN4O2/c1-7-14-11(6-10-15-16-12(18)17(7)10)19-9-4-2-8(13)3-5-9/h2-6H,1H3,(H,16,18). The maximum Gasteiger partial charge on any atom is 0.349 e. The van der Waals surface area contributed by atoms with Crippen molar-refractivity contribution in [3.8, 4) is 11.6 Å². The first kappa shape index (κ1) is 11.9. The van der Waals surface area contributed by atoms with E-state index in [0.29, 0.717) is 23.1 Å². The lowest BCUT2D eigenvalue weighted by Gasteiger charge is -2.06. The Morgan fingerprint density at radius 2 is 2.05 bits per heavy atom. The maximum atomic E-state index is 11.5. The van der Waals surface area contributed by atoms with Crippen LogP contribution in [0.3, 0.4) is 0 Å². The van der Waals surface area contributed by atoms with E-state index in [0.717, 1.165) is 4.47 Å². The molecule has 0 spiro atoms. The molecular weight excluding hydrogens is 312 g/mol. The Kier molecular flexibility index (Phi) is 2.83. The molecule has 6 nitrogen and oxygen atoms in total. The van der Waals surface area contributed by atoms with E-state index in [2.05, 4.69) is 31.1 Å². The Labute approximate surface area is 116 Å². The van der Waals surface area contributed by atoms with E-state index in [9.17, 15) is 4.79 Å². The molecule has 0 radical (unpaired) electrons. The highest BCUT2D eigenvalue weighted by atomic mass is 79.9. The summed E-state index contributed by atoms with van der Waals surface area (Å²) in [5, 5.41) is 6.27. The number of nitrogens with zero attached hydrogens (tertiary/aromatic N) is 3. The van der Waals surface area contributed by atoms with Gasteiger partial charge in [0, 0.05) is 10.5 Å². The van der Waals surface area contributed by atoms with Crippen LogP contribution in [0.4, 0.5) is 0 Å². The fraction of sp³-hybridized carbons (Fsp3) is 0.0833. The lowest BCUT2D eigenvalue weighted by Crippen LogP contribution is -2.13. The summed E-state index contributed by atoms with van der Waals surface area (Å²) in [4.78, 5) is 15.7. The number of fused-ring (bicyclic) bond motifs is 1. The van der Waals surface area contributed by atoms with Gasteiger partial charge in [0.1, 0.15) is 11.6 Å². The molecular formula is C12H9BrN4O2. The van der Waals surface area contributed by atoms with E-state index in [1.807, 2.05) is 24.3 Å². The number of ether oxygens (including phenoxy) is 1. The average Bonchev–Trinajstić information content (AvgIpc) is 2.74. The topological polar surface area (TPSA) is 72.3 Å². The van der Waals surface area contributed by atoms with Gasteiger partial charge in [-0.1, -0.05) is 15.9 Å². The summed E-state index contributed by atoms with van der Waals surface area (Å²) in [6, 6.07) is 9.00. The highest BCUT2D eigenvalue weighted by Gasteiger charge is 2.08. The van der Waals surface area contributed by atoms with Crippen LogP contribution in [0.15, 0.2) is 39.6 Å². The highest BCUT2D eigenvalue weighted by molar-refractivity contribution is 9.10. The SMILES string of the molecule is Cc1nc(Oc2ccc(Br)cc2)cc2n[nH]c(=O)n12. The molecule has 0 aliphatic rings. The number of nitrogens with one attached hydrogen (secondary N) is 1. The molecule has 3 aromatic rings. The Hall–Kier alpha value is -2.15. The van der Waals surface area contributed by atoms with Crippen LogP contribution in [-0.4, -0.2) is 19.6 Å². The van der Waals surface area contributed by atoms with Crippen molar-refractivity contribution in [1.29, 1.82) is 0 Å². The first-order chi connectivity index (χ1) is 9.13.